The highest BCUT2D eigenvalue weighted by Crippen LogP contribution is 2.27. The van der Waals surface area contributed by atoms with Crippen LogP contribution in [0.3, 0.4) is 0 Å². The van der Waals surface area contributed by atoms with Crippen LogP contribution in [0.4, 0.5) is 0 Å². The summed E-state index contributed by atoms with van der Waals surface area (Å²) in [5, 5.41) is 0. The van der Waals surface area contributed by atoms with Crippen LogP contribution >= 0.6 is 15.9 Å². The Balaban J connectivity index is 2.35. The van der Waals surface area contributed by atoms with Gasteiger partial charge in [0, 0.05) is 24.2 Å². The van der Waals surface area contributed by atoms with Crippen molar-refractivity contribution in [3.8, 4) is 0 Å². The third-order valence-corrected chi connectivity index (χ3v) is 5.96. The maximum absolute atomic E-state index is 12.7. The first-order chi connectivity index (χ1) is 8.91. The van der Waals surface area contributed by atoms with Crippen molar-refractivity contribution in [1.29, 1.82) is 0 Å². The van der Waals surface area contributed by atoms with E-state index in [0.29, 0.717) is 29.1 Å². The molecule has 4 nitrogen and oxygen atoms in total. The summed E-state index contributed by atoms with van der Waals surface area (Å²) in [6, 6.07) is 5.30. The second-order valence-electron chi connectivity index (χ2n) is 4.83. The standard InChI is InChI=1S/C13H18BrNO3S/c1-10-4-5-13(12(14)8-10)19(16,17)15-6-3-7-18-11(2)9-15/h4-5,8,11H,3,6-7,9H2,1-2H3. The highest BCUT2D eigenvalue weighted by Gasteiger charge is 2.29. The van der Waals surface area contributed by atoms with Crippen molar-refractivity contribution in [2.24, 2.45) is 0 Å². The lowest BCUT2D eigenvalue weighted by molar-refractivity contribution is 0.0752. The van der Waals surface area contributed by atoms with E-state index in [9.17, 15) is 8.42 Å². The maximum Gasteiger partial charge on any atom is 0.244 e. The molecule has 1 aromatic carbocycles. The molecule has 106 valence electrons. The lowest BCUT2D eigenvalue weighted by atomic mass is 10.2. The van der Waals surface area contributed by atoms with E-state index in [4.69, 9.17) is 4.74 Å². The monoisotopic (exact) mass is 347 g/mol. The van der Waals surface area contributed by atoms with E-state index < -0.39 is 10.0 Å². The number of nitrogens with zero attached hydrogens (tertiary/aromatic N) is 1. The van der Waals surface area contributed by atoms with Gasteiger partial charge in [-0.05, 0) is 53.9 Å². The smallest absolute Gasteiger partial charge is 0.244 e. The Kier molecular flexibility index (Phi) is 4.66. The van der Waals surface area contributed by atoms with Gasteiger partial charge in [-0.1, -0.05) is 6.07 Å². The van der Waals surface area contributed by atoms with Crippen molar-refractivity contribution < 1.29 is 13.2 Å². The Labute approximate surface area is 122 Å². The SMILES string of the molecule is Cc1ccc(S(=O)(=O)N2CCCOC(C)C2)c(Br)c1. The zero-order chi connectivity index (χ0) is 14.0. The summed E-state index contributed by atoms with van der Waals surface area (Å²) in [7, 11) is -3.46. The van der Waals surface area contributed by atoms with Crippen LogP contribution in [-0.2, 0) is 14.8 Å². The van der Waals surface area contributed by atoms with Crippen molar-refractivity contribution in [1.82, 2.24) is 4.31 Å². The predicted molar refractivity (Wildman–Crippen MR) is 77.7 cm³/mol. The molecule has 0 radical (unpaired) electrons. The molecule has 0 spiro atoms. The van der Waals surface area contributed by atoms with Crippen LogP contribution in [0.5, 0.6) is 0 Å². The molecule has 1 saturated heterocycles. The lowest BCUT2D eigenvalue weighted by Gasteiger charge is -2.22. The number of ether oxygens (including phenoxy) is 1. The van der Waals surface area contributed by atoms with Gasteiger partial charge in [0.15, 0.2) is 0 Å². The van der Waals surface area contributed by atoms with E-state index in [2.05, 4.69) is 15.9 Å². The number of rotatable bonds is 2. The summed E-state index contributed by atoms with van der Waals surface area (Å²) in [6.45, 7) is 5.36. The summed E-state index contributed by atoms with van der Waals surface area (Å²) < 4.78 is 32.9. The fourth-order valence-electron chi connectivity index (χ4n) is 2.13. The van der Waals surface area contributed by atoms with Gasteiger partial charge in [0.25, 0.3) is 0 Å². The van der Waals surface area contributed by atoms with E-state index in [1.165, 1.54) is 4.31 Å². The van der Waals surface area contributed by atoms with Gasteiger partial charge >= 0.3 is 0 Å². The van der Waals surface area contributed by atoms with Crippen molar-refractivity contribution in [3.63, 3.8) is 0 Å². The summed E-state index contributed by atoms with van der Waals surface area (Å²) in [6.07, 6.45) is 0.661. The Morgan fingerprint density at radius 3 is 2.84 bits per heavy atom. The van der Waals surface area contributed by atoms with Gasteiger partial charge in [-0.3, -0.25) is 0 Å². The molecule has 0 aliphatic carbocycles. The lowest BCUT2D eigenvalue weighted by Crippen LogP contribution is -2.36. The van der Waals surface area contributed by atoms with Crippen LogP contribution in [0, 0.1) is 6.92 Å². The largest absolute Gasteiger partial charge is 0.377 e. The molecule has 1 heterocycles. The number of sulfonamides is 1. The summed E-state index contributed by atoms with van der Waals surface area (Å²) >= 11 is 3.35. The summed E-state index contributed by atoms with van der Waals surface area (Å²) in [4.78, 5) is 0.326. The highest BCUT2D eigenvalue weighted by atomic mass is 79.9. The molecule has 1 aliphatic rings. The number of benzene rings is 1. The third kappa shape index (κ3) is 3.37. The zero-order valence-corrected chi connectivity index (χ0v) is 13.5. The molecule has 1 aromatic rings. The van der Waals surface area contributed by atoms with Crippen LogP contribution in [-0.4, -0.2) is 38.5 Å². The minimum absolute atomic E-state index is 0.0681. The van der Waals surface area contributed by atoms with Gasteiger partial charge in [0.1, 0.15) is 0 Å². The van der Waals surface area contributed by atoms with Gasteiger partial charge in [-0.15, -0.1) is 0 Å². The van der Waals surface area contributed by atoms with E-state index in [1.54, 1.807) is 6.07 Å². The van der Waals surface area contributed by atoms with E-state index in [1.807, 2.05) is 26.0 Å². The second-order valence-corrected chi connectivity index (χ2v) is 7.59. The molecule has 0 amide bonds. The van der Waals surface area contributed by atoms with Gasteiger partial charge in [0.05, 0.1) is 11.0 Å². The van der Waals surface area contributed by atoms with Crippen LogP contribution in [0.15, 0.2) is 27.6 Å². The Morgan fingerprint density at radius 2 is 2.16 bits per heavy atom. The Hall–Kier alpha value is -0.430. The number of hydrogen-bond donors (Lipinski definition) is 0. The van der Waals surface area contributed by atoms with Gasteiger partial charge < -0.3 is 4.74 Å². The van der Waals surface area contributed by atoms with Gasteiger partial charge in [-0.2, -0.15) is 4.31 Å². The number of halogens is 1. The molecule has 0 N–H and O–H groups in total. The first-order valence-electron chi connectivity index (χ1n) is 6.29. The molecule has 1 aliphatic heterocycles. The van der Waals surface area contributed by atoms with E-state index >= 15 is 0 Å². The molecule has 6 heteroatoms. The number of aryl methyl sites for hydroxylation is 1. The minimum atomic E-state index is -3.46. The number of hydrogen-bond acceptors (Lipinski definition) is 3. The average molecular weight is 348 g/mol. The molecule has 1 fully saturated rings. The molecule has 2 rings (SSSR count). The van der Waals surface area contributed by atoms with Crippen molar-refractivity contribution >= 4 is 26.0 Å². The Morgan fingerprint density at radius 1 is 1.42 bits per heavy atom. The third-order valence-electron chi connectivity index (χ3n) is 3.12. The minimum Gasteiger partial charge on any atom is -0.377 e. The van der Waals surface area contributed by atoms with Gasteiger partial charge in [0.2, 0.25) is 10.0 Å². The van der Waals surface area contributed by atoms with Crippen LogP contribution in [0.1, 0.15) is 18.9 Å². The van der Waals surface area contributed by atoms with Crippen molar-refractivity contribution in [2.75, 3.05) is 19.7 Å². The van der Waals surface area contributed by atoms with Gasteiger partial charge in [-0.25, -0.2) is 8.42 Å². The van der Waals surface area contributed by atoms with Crippen molar-refractivity contribution in [3.05, 3.63) is 28.2 Å². The van der Waals surface area contributed by atoms with E-state index in [-0.39, 0.29) is 6.10 Å². The molecule has 0 aromatic heterocycles. The molecular weight excluding hydrogens is 330 g/mol. The second kappa shape index (κ2) is 5.91. The quantitative estimate of drug-likeness (QED) is 0.825. The molecule has 1 atom stereocenters. The highest BCUT2D eigenvalue weighted by molar-refractivity contribution is 9.10. The van der Waals surface area contributed by atoms with Crippen molar-refractivity contribution in [2.45, 2.75) is 31.3 Å². The predicted octanol–water partition coefficient (Wildman–Crippen LogP) is 2.56. The van der Waals surface area contributed by atoms with E-state index in [0.717, 1.165) is 12.0 Å². The maximum atomic E-state index is 12.7. The first kappa shape index (κ1) is 15.0. The molecule has 0 saturated carbocycles. The molecule has 1 unspecified atom stereocenters. The topological polar surface area (TPSA) is 46.6 Å². The average Bonchev–Trinajstić information content (AvgIpc) is 2.53. The first-order valence-corrected chi connectivity index (χ1v) is 8.52. The molecule has 0 bridgehead atoms. The molecule has 19 heavy (non-hydrogen) atoms. The normalized spacial score (nSPS) is 22.2. The molecular formula is C13H18BrNO3S. The summed E-state index contributed by atoms with van der Waals surface area (Å²) in [5.74, 6) is 0. The summed E-state index contributed by atoms with van der Waals surface area (Å²) in [5.41, 5.74) is 1.03. The fraction of sp³-hybridized carbons (Fsp3) is 0.538. The van der Waals surface area contributed by atoms with Crippen LogP contribution in [0.2, 0.25) is 0 Å². The van der Waals surface area contributed by atoms with Crippen LogP contribution < -0.4 is 0 Å². The van der Waals surface area contributed by atoms with Crippen LogP contribution in [0.25, 0.3) is 0 Å². The fourth-order valence-corrected chi connectivity index (χ4v) is 4.83. The zero-order valence-electron chi connectivity index (χ0n) is 11.1. The Bertz CT molecular complexity index is 559.